The number of carbonyl (C=O) groups excluding carboxylic acids is 1. The van der Waals surface area contributed by atoms with E-state index < -0.39 is 0 Å². The van der Waals surface area contributed by atoms with Crippen molar-refractivity contribution in [1.29, 1.82) is 0 Å². The van der Waals surface area contributed by atoms with Crippen LogP contribution in [0.1, 0.15) is 25.5 Å². The first-order chi connectivity index (χ1) is 8.54. The summed E-state index contributed by atoms with van der Waals surface area (Å²) < 4.78 is 0. The van der Waals surface area contributed by atoms with Crippen LogP contribution in [0, 0.1) is 6.92 Å². The molecule has 3 N–H and O–H groups in total. The van der Waals surface area contributed by atoms with Crippen LogP contribution in [-0.4, -0.2) is 35.0 Å². The summed E-state index contributed by atoms with van der Waals surface area (Å²) in [6.45, 7) is 5.22. The van der Waals surface area contributed by atoms with Crippen LogP contribution in [-0.2, 0) is 4.79 Å². The van der Waals surface area contributed by atoms with Crippen LogP contribution in [0.5, 0.6) is 0 Å². The fourth-order valence-corrected chi connectivity index (χ4v) is 2.28. The van der Waals surface area contributed by atoms with Crippen molar-refractivity contribution in [3.63, 3.8) is 0 Å². The molecule has 0 atom stereocenters. The van der Waals surface area contributed by atoms with E-state index in [4.69, 9.17) is 5.73 Å². The van der Waals surface area contributed by atoms with E-state index in [1.54, 1.807) is 6.92 Å². The van der Waals surface area contributed by atoms with E-state index in [1.165, 1.54) is 0 Å². The van der Waals surface area contributed by atoms with Crippen molar-refractivity contribution in [2.24, 2.45) is 0 Å². The number of carbonyl (C=O) groups is 1. The lowest BCUT2D eigenvalue weighted by atomic mass is 10.1. The molecule has 98 valence electrons. The molecule has 0 aromatic carbocycles. The first kappa shape index (κ1) is 12.6. The predicted molar refractivity (Wildman–Crippen MR) is 70.2 cm³/mol. The smallest absolute Gasteiger partial charge is 0.222 e. The van der Waals surface area contributed by atoms with E-state index in [-0.39, 0.29) is 11.9 Å². The second-order valence-electron chi connectivity index (χ2n) is 4.69. The first-order valence-corrected chi connectivity index (χ1v) is 6.18. The SMILES string of the molecule is CC(=O)NC1CCN(c2cc(C)nc(N)n2)CC1. The highest BCUT2D eigenvalue weighted by Crippen LogP contribution is 2.19. The molecular weight excluding hydrogens is 230 g/mol. The first-order valence-electron chi connectivity index (χ1n) is 6.18. The maximum Gasteiger partial charge on any atom is 0.222 e. The molecule has 0 radical (unpaired) electrons. The number of amides is 1. The quantitative estimate of drug-likeness (QED) is 0.796. The summed E-state index contributed by atoms with van der Waals surface area (Å²) in [4.78, 5) is 21.5. The Bertz CT molecular complexity index is 420. The van der Waals surface area contributed by atoms with Gasteiger partial charge in [0, 0.05) is 37.8 Å². The number of nitrogen functional groups attached to an aromatic ring is 1. The molecular formula is C12H19N5O. The van der Waals surface area contributed by atoms with Crippen LogP contribution in [0.15, 0.2) is 6.07 Å². The summed E-state index contributed by atoms with van der Waals surface area (Å²) in [5.41, 5.74) is 6.53. The third-order valence-corrected chi connectivity index (χ3v) is 3.08. The number of anilines is 2. The average Bonchev–Trinajstić information content (AvgIpc) is 2.27. The molecule has 1 aromatic rings. The zero-order chi connectivity index (χ0) is 13.1. The van der Waals surface area contributed by atoms with Gasteiger partial charge in [-0.2, -0.15) is 4.98 Å². The standard InChI is InChI=1S/C12H19N5O/c1-8-7-11(16-12(13)14-8)17-5-3-10(4-6-17)15-9(2)18/h7,10H,3-6H2,1-2H3,(H,15,18)(H2,13,14,16). The van der Waals surface area contributed by atoms with Crippen molar-refractivity contribution < 1.29 is 4.79 Å². The second-order valence-corrected chi connectivity index (χ2v) is 4.69. The normalized spacial score (nSPS) is 16.7. The van der Waals surface area contributed by atoms with Gasteiger partial charge in [0.05, 0.1) is 0 Å². The van der Waals surface area contributed by atoms with Gasteiger partial charge in [0.2, 0.25) is 11.9 Å². The predicted octanol–water partition coefficient (Wildman–Crippen LogP) is 0.472. The second kappa shape index (κ2) is 5.20. The monoisotopic (exact) mass is 249 g/mol. The lowest BCUT2D eigenvalue weighted by Gasteiger charge is -2.33. The van der Waals surface area contributed by atoms with Crippen LogP contribution in [0.3, 0.4) is 0 Å². The van der Waals surface area contributed by atoms with Gasteiger partial charge in [0.15, 0.2) is 0 Å². The minimum atomic E-state index is 0.0376. The van der Waals surface area contributed by atoms with Crippen molar-refractivity contribution in [3.8, 4) is 0 Å². The number of nitrogens with two attached hydrogens (primary N) is 1. The van der Waals surface area contributed by atoms with Gasteiger partial charge in [0.1, 0.15) is 5.82 Å². The highest BCUT2D eigenvalue weighted by atomic mass is 16.1. The molecule has 0 saturated carbocycles. The molecule has 6 heteroatoms. The molecule has 0 bridgehead atoms. The van der Waals surface area contributed by atoms with E-state index in [0.717, 1.165) is 37.4 Å². The summed E-state index contributed by atoms with van der Waals surface area (Å²) in [5.74, 6) is 1.23. The van der Waals surface area contributed by atoms with E-state index >= 15 is 0 Å². The van der Waals surface area contributed by atoms with Gasteiger partial charge in [-0.1, -0.05) is 0 Å². The Morgan fingerprint density at radius 1 is 1.44 bits per heavy atom. The highest BCUT2D eigenvalue weighted by Gasteiger charge is 2.20. The molecule has 1 aliphatic heterocycles. The fraction of sp³-hybridized carbons (Fsp3) is 0.583. The largest absolute Gasteiger partial charge is 0.368 e. The van der Waals surface area contributed by atoms with Crippen LogP contribution in [0.25, 0.3) is 0 Å². The molecule has 1 saturated heterocycles. The molecule has 0 spiro atoms. The van der Waals surface area contributed by atoms with Gasteiger partial charge < -0.3 is 16.0 Å². The number of piperidine rings is 1. The maximum absolute atomic E-state index is 11.0. The molecule has 1 aromatic heterocycles. The number of aromatic nitrogens is 2. The van der Waals surface area contributed by atoms with Crippen molar-refractivity contribution in [3.05, 3.63) is 11.8 Å². The molecule has 1 fully saturated rings. The number of nitrogens with one attached hydrogen (secondary N) is 1. The number of rotatable bonds is 2. The van der Waals surface area contributed by atoms with Crippen molar-refractivity contribution in [1.82, 2.24) is 15.3 Å². The van der Waals surface area contributed by atoms with E-state index in [2.05, 4.69) is 20.2 Å². The van der Waals surface area contributed by atoms with Crippen molar-refractivity contribution >= 4 is 17.7 Å². The summed E-state index contributed by atoms with van der Waals surface area (Å²) in [6, 6.07) is 2.22. The molecule has 1 amide bonds. The summed E-state index contributed by atoms with van der Waals surface area (Å²) in [5, 5.41) is 2.95. The van der Waals surface area contributed by atoms with Crippen LogP contribution in [0.2, 0.25) is 0 Å². The molecule has 18 heavy (non-hydrogen) atoms. The lowest BCUT2D eigenvalue weighted by Crippen LogP contribution is -2.44. The Kier molecular flexibility index (Phi) is 3.64. The third kappa shape index (κ3) is 3.09. The van der Waals surface area contributed by atoms with Crippen LogP contribution >= 0.6 is 0 Å². The summed E-state index contributed by atoms with van der Waals surface area (Å²) in [7, 11) is 0. The molecule has 2 rings (SSSR count). The Morgan fingerprint density at radius 3 is 2.67 bits per heavy atom. The van der Waals surface area contributed by atoms with E-state index in [1.807, 2.05) is 13.0 Å². The lowest BCUT2D eigenvalue weighted by molar-refractivity contribution is -0.119. The number of hydrogen-bond acceptors (Lipinski definition) is 5. The zero-order valence-corrected chi connectivity index (χ0v) is 10.8. The van der Waals surface area contributed by atoms with Gasteiger partial charge >= 0.3 is 0 Å². The van der Waals surface area contributed by atoms with Crippen molar-refractivity contribution in [2.75, 3.05) is 23.7 Å². The fourth-order valence-electron chi connectivity index (χ4n) is 2.28. The molecule has 6 nitrogen and oxygen atoms in total. The summed E-state index contributed by atoms with van der Waals surface area (Å²) in [6.07, 6.45) is 1.87. The Labute approximate surface area is 107 Å². The van der Waals surface area contributed by atoms with E-state index in [9.17, 15) is 4.79 Å². The van der Waals surface area contributed by atoms with Crippen LogP contribution < -0.4 is 16.0 Å². The zero-order valence-electron chi connectivity index (χ0n) is 10.8. The van der Waals surface area contributed by atoms with Gasteiger partial charge in [-0.15, -0.1) is 0 Å². The van der Waals surface area contributed by atoms with Gasteiger partial charge in [-0.25, -0.2) is 4.98 Å². The van der Waals surface area contributed by atoms with E-state index in [0.29, 0.717) is 5.95 Å². The summed E-state index contributed by atoms with van der Waals surface area (Å²) >= 11 is 0. The highest BCUT2D eigenvalue weighted by molar-refractivity contribution is 5.73. The minimum Gasteiger partial charge on any atom is -0.368 e. The number of nitrogens with zero attached hydrogens (tertiary/aromatic N) is 3. The molecule has 1 aliphatic rings. The van der Waals surface area contributed by atoms with Gasteiger partial charge in [-0.3, -0.25) is 4.79 Å². The Hall–Kier alpha value is -1.85. The average molecular weight is 249 g/mol. The minimum absolute atomic E-state index is 0.0376. The van der Waals surface area contributed by atoms with Crippen molar-refractivity contribution in [2.45, 2.75) is 32.7 Å². The van der Waals surface area contributed by atoms with Gasteiger partial charge in [0.25, 0.3) is 0 Å². The molecule has 2 heterocycles. The Morgan fingerprint density at radius 2 is 2.11 bits per heavy atom. The maximum atomic E-state index is 11.0. The third-order valence-electron chi connectivity index (χ3n) is 3.08. The Balaban J connectivity index is 1.98. The molecule has 0 aliphatic carbocycles. The molecule has 0 unspecified atom stereocenters. The van der Waals surface area contributed by atoms with Gasteiger partial charge in [-0.05, 0) is 19.8 Å². The number of aryl methyl sites for hydroxylation is 1. The topological polar surface area (TPSA) is 84.1 Å². The number of hydrogen-bond donors (Lipinski definition) is 2. The van der Waals surface area contributed by atoms with Crippen LogP contribution in [0.4, 0.5) is 11.8 Å².